The van der Waals surface area contributed by atoms with Crippen LogP contribution in [-0.4, -0.2) is 60.0 Å². The van der Waals surface area contributed by atoms with Crippen molar-refractivity contribution in [2.75, 3.05) is 39.4 Å². The Hall–Kier alpha value is -1.92. The fourth-order valence-electron chi connectivity index (χ4n) is 4.62. The SMILES string of the molecule is Cc1cccc2c1cnn2CCC(=O)NCC1(CN2CCCC2)CCOCC1. The van der Waals surface area contributed by atoms with Crippen LogP contribution in [0.1, 0.15) is 37.7 Å². The monoisotopic (exact) mass is 384 g/mol. The number of rotatable bonds is 7. The van der Waals surface area contributed by atoms with E-state index in [9.17, 15) is 4.79 Å². The van der Waals surface area contributed by atoms with Crippen molar-refractivity contribution in [3.8, 4) is 0 Å². The van der Waals surface area contributed by atoms with Gasteiger partial charge in [-0.15, -0.1) is 0 Å². The summed E-state index contributed by atoms with van der Waals surface area (Å²) >= 11 is 0. The van der Waals surface area contributed by atoms with Gasteiger partial charge in [0.2, 0.25) is 5.91 Å². The zero-order valence-electron chi connectivity index (χ0n) is 17.0. The number of ether oxygens (including phenoxy) is 1. The van der Waals surface area contributed by atoms with Crippen LogP contribution in [0, 0.1) is 12.3 Å². The van der Waals surface area contributed by atoms with Gasteiger partial charge in [-0.2, -0.15) is 5.10 Å². The Morgan fingerprint density at radius 1 is 1.25 bits per heavy atom. The molecule has 152 valence electrons. The molecule has 1 aromatic carbocycles. The van der Waals surface area contributed by atoms with E-state index in [-0.39, 0.29) is 11.3 Å². The normalized spacial score (nSPS) is 19.9. The van der Waals surface area contributed by atoms with E-state index in [1.807, 2.05) is 16.9 Å². The third kappa shape index (κ3) is 4.39. The van der Waals surface area contributed by atoms with Gasteiger partial charge in [0.15, 0.2) is 0 Å². The average Bonchev–Trinajstić information content (AvgIpc) is 3.36. The van der Waals surface area contributed by atoms with Crippen LogP contribution in [-0.2, 0) is 16.1 Å². The summed E-state index contributed by atoms with van der Waals surface area (Å²) in [5.41, 5.74) is 2.48. The van der Waals surface area contributed by atoms with Gasteiger partial charge in [0.1, 0.15) is 0 Å². The first-order valence-corrected chi connectivity index (χ1v) is 10.6. The van der Waals surface area contributed by atoms with Crippen LogP contribution in [0.3, 0.4) is 0 Å². The van der Waals surface area contributed by atoms with E-state index >= 15 is 0 Å². The minimum atomic E-state index is 0.114. The maximum atomic E-state index is 12.6. The number of carbonyl (C=O) groups excluding carboxylic acids is 1. The van der Waals surface area contributed by atoms with Gasteiger partial charge >= 0.3 is 0 Å². The molecule has 6 heteroatoms. The third-order valence-corrected chi connectivity index (χ3v) is 6.43. The number of benzene rings is 1. The van der Waals surface area contributed by atoms with Crippen LogP contribution >= 0.6 is 0 Å². The lowest BCUT2D eigenvalue weighted by molar-refractivity contribution is -0.122. The largest absolute Gasteiger partial charge is 0.381 e. The quantitative estimate of drug-likeness (QED) is 0.797. The van der Waals surface area contributed by atoms with Gasteiger partial charge in [-0.05, 0) is 57.3 Å². The lowest BCUT2D eigenvalue weighted by Gasteiger charge is -2.40. The Morgan fingerprint density at radius 3 is 2.82 bits per heavy atom. The molecule has 2 fully saturated rings. The molecule has 1 aromatic heterocycles. The molecule has 6 nitrogen and oxygen atoms in total. The molecule has 0 bridgehead atoms. The Balaban J connectivity index is 1.32. The van der Waals surface area contributed by atoms with E-state index in [1.165, 1.54) is 31.5 Å². The topological polar surface area (TPSA) is 59.4 Å². The molecule has 2 saturated heterocycles. The van der Waals surface area contributed by atoms with E-state index in [0.717, 1.165) is 50.0 Å². The average molecular weight is 385 g/mol. The second-order valence-electron chi connectivity index (χ2n) is 8.50. The van der Waals surface area contributed by atoms with Crippen molar-refractivity contribution in [3.63, 3.8) is 0 Å². The highest BCUT2D eigenvalue weighted by Gasteiger charge is 2.35. The molecule has 1 N–H and O–H groups in total. The fourth-order valence-corrected chi connectivity index (χ4v) is 4.62. The lowest BCUT2D eigenvalue weighted by atomic mass is 9.79. The molecule has 0 aliphatic carbocycles. The van der Waals surface area contributed by atoms with Crippen LogP contribution in [0.5, 0.6) is 0 Å². The first-order chi connectivity index (χ1) is 13.7. The summed E-state index contributed by atoms with van der Waals surface area (Å²) < 4.78 is 7.54. The van der Waals surface area contributed by atoms with Crippen molar-refractivity contribution in [1.29, 1.82) is 0 Å². The third-order valence-electron chi connectivity index (χ3n) is 6.43. The highest BCUT2D eigenvalue weighted by molar-refractivity contribution is 5.82. The molecule has 2 aliphatic rings. The first kappa shape index (κ1) is 19.4. The summed E-state index contributed by atoms with van der Waals surface area (Å²) in [4.78, 5) is 15.1. The summed E-state index contributed by atoms with van der Waals surface area (Å²) in [5, 5.41) is 8.86. The summed E-state index contributed by atoms with van der Waals surface area (Å²) in [6, 6.07) is 6.21. The number of carbonyl (C=O) groups is 1. The fraction of sp³-hybridized carbons (Fsp3) is 0.636. The number of nitrogens with zero attached hydrogens (tertiary/aromatic N) is 3. The van der Waals surface area contributed by atoms with Crippen LogP contribution in [0.4, 0.5) is 0 Å². The Morgan fingerprint density at radius 2 is 2.04 bits per heavy atom. The van der Waals surface area contributed by atoms with Crippen molar-refractivity contribution in [2.24, 2.45) is 5.41 Å². The molecule has 0 spiro atoms. The van der Waals surface area contributed by atoms with Crippen LogP contribution in [0.25, 0.3) is 10.9 Å². The minimum Gasteiger partial charge on any atom is -0.381 e. The number of hydrogen-bond acceptors (Lipinski definition) is 4. The Bertz CT molecular complexity index is 804. The molecule has 3 heterocycles. The molecule has 1 amide bonds. The van der Waals surface area contributed by atoms with Gasteiger partial charge in [0, 0.05) is 43.5 Å². The maximum absolute atomic E-state index is 12.6. The van der Waals surface area contributed by atoms with Crippen molar-refractivity contribution in [3.05, 3.63) is 30.0 Å². The molecular weight excluding hydrogens is 352 g/mol. The predicted octanol–water partition coefficient (Wildman–Crippen LogP) is 2.74. The maximum Gasteiger partial charge on any atom is 0.221 e. The summed E-state index contributed by atoms with van der Waals surface area (Å²) in [5.74, 6) is 0.114. The standard InChI is InChI=1S/C22H32N4O2/c1-18-5-4-6-20-19(18)15-24-26(20)12-7-21(27)23-16-22(8-13-28-14-9-22)17-25-10-2-3-11-25/h4-6,15H,2-3,7-14,16-17H2,1H3,(H,23,27). The first-order valence-electron chi connectivity index (χ1n) is 10.6. The molecule has 4 rings (SSSR count). The zero-order valence-corrected chi connectivity index (χ0v) is 17.0. The second-order valence-corrected chi connectivity index (χ2v) is 8.50. The number of aryl methyl sites for hydroxylation is 2. The molecule has 0 saturated carbocycles. The van der Waals surface area contributed by atoms with Crippen molar-refractivity contribution < 1.29 is 9.53 Å². The number of fused-ring (bicyclic) bond motifs is 1. The molecule has 0 atom stereocenters. The second kappa shape index (κ2) is 8.62. The molecule has 0 radical (unpaired) electrons. The van der Waals surface area contributed by atoms with Crippen LogP contribution in [0.2, 0.25) is 0 Å². The molecule has 0 unspecified atom stereocenters. The predicted molar refractivity (Wildman–Crippen MR) is 110 cm³/mol. The number of aromatic nitrogens is 2. The Labute approximate surface area is 167 Å². The van der Waals surface area contributed by atoms with E-state index in [2.05, 4.69) is 34.4 Å². The Kier molecular flexibility index (Phi) is 5.97. The van der Waals surface area contributed by atoms with Crippen LogP contribution < -0.4 is 5.32 Å². The van der Waals surface area contributed by atoms with Gasteiger partial charge in [-0.3, -0.25) is 9.48 Å². The smallest absolute Gasteiger partial charge is 0.221 e. The number of amides is 1. The number of nitrogens with one attached hydrogen (secondary N) is 1. The van der Waals surface area contributed by atoms with E-state index in [1.54, 1.807) is 0 Å². The van der Waals surface area contributed by atoms with E-state index in [4.69, 9.17) is 4.74 Å². The van der Waals surface area contributed by atoms with Crippen molar-refractivity contribution in [2.45, 2.75) is 45.6 Å². The van der Waals surface area contributed by atoms with Gasteiger partial charge in [-0.1, -0.05) is 12.1 Å². The van der Waals surface area contributed by atoms with Gasteiger partial charge in [0.05, 0.1) is 18.3 Å². The van der Waals surface area contributed by atoms with E-state index < -0.39 is 0 Å². The molecule has 2 aromatic rings. The molecular formula is C22H32N4O2. The minimum absolute atomic E-state index is 0.114. The van der Waals surface area contributed by atoms with E-state index in [0.29, 0.717) is 13.0 Å². The van der Waals surface area contributed by atoms with Crippen molar-refractivity contribution >= 4 is 16.8 Å². The lowest BCUT2D eigenvalue weighted by Crippen LogP contribution is -2.48. The summed E-state index contributed by atoms with van der Waals surface area (Å²) in [7, 11) is 0. The zero-order chi connectivity index (χ0) is 19.4. The summed E-state index contributed by atoms with van der Waals surface area (Å²) in [6.07, 6.45) is 7.03. The molecule has 28 heavy (non-hydrogen) atoms. The summed E-state index contributed by atoms with van der Waals surface area (Å²) in [6.45, 7) is 8.55. The highest BCUT2D eigenvalue weighted by atomic mass is 16.5. The van der Waals surface area contributed by atoms with Gasteiger partial charge in [0.25, 0.3) is 0 Å². The van der Waals surface area contributed by atoms with Crippen molar-refractivity contribution in [1.82, 2.24) is 20.0 Å². The molecule has 2 aliphatic heterocycles. The number of likely N-dealkylation sites (tertiary alicyclic amines) is 1. The highest BCUT2D eigenvalue weighted by Crippen LogP contribution is 2.32. The van der Waals surface area contributed by atoms with Crippen LogP contribution in [0.15, 0.2) is 24.4 Å². The number of hydrogen-bond donors (Lipinski definition) is 1. The van der Waals surface area contributed by atoms with Gasteiger partial charge < -0.3 is 15.0 Å². The van der Waals surface area contributed by atoms with Gasteiger partial charge in [-0.25, -0.2) is 0 Å².